The van der Waals surface area contributed by atoms with E-state index in [2.05, 4.69) is 5.32 Å². The number of para-hydroxylation sites is 1. The number of nitrogens with one attached hydrogen (secondary N) is 1. The third-order valence-corrected chi connectivity index (χ3v) is 3.69. The van der Waals surface area contributed by atoms with Gasteiger partial charge in [-0.05, 0) is 42.8 Å². The molecule has 2 heterocycles. The zero-order chi connectivity index (χ0) is 16.9. The van der Waals surface area contributed by atoms with Crippen LogP contribution in [-0.4, -0.2) is 12.0 Å². The minimum Gasteiger partial charge on any atom is -0.485 e. The van der Waals surface area contributed by atoms with Crippen molar-refractivity contribution in [1.29, 1.82) is 5.26 Å². The van der Waals surface area contributed by atoms with Crippen molar-refractivity contribution in [1.82, 2.24) is 5.32 Å². The van der Waals surface area contributed by atoms with E-state index in [1.54, 1.807) is 18.2 Å². The molecule has 0 saturated heterocycles. The molecule has 0 fully saturated rings. The summed E-state index contributed by atoms with van der Waals surface area (Å²) in [5.74, 6) is 0.979. The molecule has 0 spiro atoms. The van der Waals surface area contributed by atoms with Gasteiger partial charge in [0.05, 0.1) is 12.8 Å². The molecule has 5 nitrogen and oxygen atoms in total. The number of hydrogen-bond donors (Lipinski definition) is 1. The van der Waals surface area contributed by atoms with E-state index < -0.39 is 5.91 Å². The van der Waals surface area contributed by atoms with Crippen LogP contribution in [-0.2, 0) is 11.3 Å². The SMILES string of the molecule is CC1Oc2ccccc2C=C1C=C(C#N)C(=O)NCc1ccco1. The summed E-state index contributed by atoms with van der Waals surface area (Å²) in [5.41, 5.74) is 1.73. The van der Waals surface area contributed by atoms with Crippen molar-refractivity contribution < 1.29 is 13.9 Å². The number of rotatable bonds is 4. The average molecular weight is 320 g/mol. The highest BCUT2D eigenvalue weighted by molar-refractivity contribution is 5.98. The van der Waals surface area contributed by atoms with Gasteiger partial charge >= 0.3 is 0 Å². The first-order chi connectivity index (χ1) is 11.7. The third-order valence-electron chi connectivity index (χ3n) is 3.69. The van der Waals surface area contributed by atoms with E-state index >= 15 is 0 Å². The summed E-state index contributed by atoms with van der Waals surface area (Å²) >= 11 is 0. The molecule has 2 aromatic rings. The Morgan fingerprint density at radius 1 is 1.33 bits per heavy atom. The minimum atomic E-state index is -0.444. The molecule has 0 radical (unpaired) electrons. The highest BCUT2D eigenvalue weighted by atomic mass is 16.5. The van der Waals surface area contributed by atoms with Gasteiger partial charge in [0.1, 0.15) is 29.3 Å². The topological polar surface area (TPSA) is 75.3 Å². The van der Waals surface area contributed by atoms with E-state index in [-0.39, 0.29) is 18.2 Å². The van der Waals surface area contributed by atoms with Crippen molar-refractivity contribution >= 4 is 12.0 Å². The lowest BCUT2D eigenvalue weighted by Crippen LogP contribution is -2.25. The van der Waals surface area contributed by atoms with Crippen LogP contribution < -0.4 is 10.1 Å². The molecule has 3 rings (SSSR count). The highest BCUT2D eigenvalue weighted by Gasteiger charge is 2.19. The highest BCUT2D eigenvalue weighted by Crippen LogP contribution is 2.30. The first kappa shape index (κ1) is 15.6. The molecule has 24 heavy (non-hydrogen) atoms. The fourth-order valence-electron chi connectivity index (χ4n) is 2.41. The lowest BCUT2D eigenvalue weighted by Gasteiger charge is -2.22. The molecule has 0 aliphatic carbocycles. The van der Waals surface area contributed by atoms with E-state index in [1.165, 1.54) is 6.26 Å². The summed E-state index contributed by atoms with van der Waals surface area (Å²) < 4.78 is 11.0. The summed E-state index contributed by atoms with van der Waals surface area (Å²) in [6.07, 6.45) is 4.80. The average Bonchev–Trinajstić information content (AvgIpc) is 3.11. The molecule has 1 aliphatic heterocycles. The lowest BCUT2D eigenvalue weighted by molar-refractivity contribution is -0.117. The molecular weight excluding hydrogens is 304 g/mol. The van der Waals surface area contributed by atoms with Gasteiger partial charge in [0.25, 0.3) is 5.91 Å². The molecule has 1 amide bonds. The maximum Gasteiger partial charge on any atom is 0.262 e. The smallest absolute Gasteiger partial charge is 0.262 e. The maximum atomic E-state index is 12.2. The maximum absolute atomic E-state index is 12.2. The first-order valence-corrected chi connectivity index (χ1v) is 7.57. The molecule has 1 unspecified atom stereocenters. The summed E-state index contributed by atoms with van der Waals surface area (Å²) in [5, 5.41) is 12.0. The summed E-state index contributed by atoms with van der Waals surface area (Å²) in [6, 6.07) is 13.1. The van der Waals surface area contributed by atoms with Crippen LogP contribution in [0.2, 0.25) is 0 Å². The van der Waals surface area contributed by atoms with Gasteiger partial charge < -0.3 is 14.5 Å². The van der Waals surface area contributed by atoms with Gasteiger partial charge in [-0.2, -0.15) is 5.26 Å². The van der Waals surface area contributed by atoms with E-state index in [0.29, 0.717) is 5.76 Å². The van der Waals surface area contributed by atoms with Gasteiger partial charge in [0.15, 0.2) is 0 Å². The molecule has 1 aromatic heterocycles. The molecule has 1 aliphatic rings. The zero-order valence-corrected chi connectivity index (χ0v) is 13.2. The number of ether oxygens (including phenoxy) is 1. The number of amides is 1. The number of fused-ring (bicyclic) bond motifs is 1. The molecule has 120 valence electrons. The van der Waals surface area contributed by atoms with Crippen LogP contribution in [0.15, 0.2) is 64.3 Å². The molecule has 5 heteroatoms. The Labute approximate surface area is 139 Å². The van der Waals surface area contributed by atoms with E-state index in [4.69, 9.17) is 9.15 Å². The number of carbonyl (C=O) groups is 1. The third kappa shape index (κ3) is 3.39. The van der Waals surface area contributed by atoms with Crippen LogP contribution in [0.5, 0.6) is 5.75 Å². The number of carbonyl (C=O) groups excluding carboxylic acids is 1. The standard InChI is InChI=1S/C19H16N2O3/c1-13-15(9-14-5-2-3-7-18(14)24-13)10-16(11-20)19(22)21-12-17-6-4-8-23-17/h2-10,13H,12H2,1H3,(H,21,22). The van der Waals surface area contributed by atoms with Crippen LogP contribution >= 0.6 is 0 Å². The Morgan fingerprint density at radius 3 is 2.92 bits per heavy atom. The summed E-state index contributed by atoms with van der Waals surface area (Å²) in [4.78, 5) is 12.2. The van der Waals surface area contributed by atoms with Crippen molar-refractivity contribution in [3.8, 4) is 11.8 Å². The van der Waals surface area contributed by atoms with Crippen LogP contribution in [0.4, 0.5) is 0 Å². The van der Waals surface area contributed by atoms with E-state index in [1.807, 2.05) is 43.3 Å². The predicted octanol–water partition coefficient (Wildman–Crippen LogP) is 3.21. The Hall–Kier alpha value is -3.26. The molecular formula is C19H16N2O3. The summed E-state index contributed by atoms with van der Waals surface area (Å²) in [7, 11) is 0. The second kappa shape index (κ2) is 6.88. The molecule has 1 N–H and O–H groups in total. The van der Waals surface area contributed by atoms with E-state index in [0.717, 1.165) is 16.9 Å². The second-order valence-corrected chi connectivity index (χ2v) is 5.37. The second-order valence-electron chi connectivity index (χ2n) is 5.37. The van der Waals surface area contributed by atoms with Crippen molar-refractivity contribution in [3.63, 3.8) is 0 Å². The van der Waals surface area contributed by atoms with Crippen molar-refractivity contribution in [2.24, 2.45) is 0 Å². The Morgan fingerprint density at radius 2 is 2.17 bits per heavy atom. The van der Waals surface area contributed by atoms with Crippen molar-refractivity contribution in [2.75, 3.05) is 0 Å². The largest absolute Gasteiger partial charge is 0.485 e. The monoisotopic (exact) mass is 320 g/mol. The molecule has 0 saturated carbocycles. The van der Waals surface area contributed by atoms with Crippen LogP contribution in [0.1, 0.15) is 18.2 Å². The fraction of sp³-hybridized carbons (Fsp3) is 0.158. The van der Waals surface area contributed by atoms with Crippen LogP contribution in [0.25, 0.3) is 6.08 Å². The molecule has 1 aromatic carbocycles. The number of nitrogens with zero attached hydrogens (tertiary/aromatic N) is 1. The zero-order valence-electron chi connectivity index (χ0n) is 13.2. The van der Waals surface area contributed by atoms with Gasteiger partial charge in [0, 0.05) is 5.56 Å². The number of benzene rings is 1. The minimum absolute atomic E-state index is 0.0302. The van der Waals surface area contributed by atoms with Gasteiger partial charge in [-0.15, -0.1) is 0 Å². The summed E-state index contributed by atoms with van der Waals surface area (Å²) in [6.45, 7) is 2.12. The van der Waals surface area contributed by atoms with Crippen molar-refractivity contribution in [2.45, 2.75) is 19.6 Å². The quantitative estimate of drug-likeness (QED) is 0.693. The Kier molecular flexibility index (Phi) is 4.48. The van der Waals surface area contributed by atoms with Gasteiger partial charge in [-0.25, -0.2) is 0 Å². The van der Waals surface area contributed by atoms with Crippen LogP contribution in [0, 0.1) is 11.3 Å². The normalized spacial score (nSPS) is 16.4. The van der Waals surface area contributed by atoms with Crippen LogP contribution in [0.3, 0.4) is 0 Å². The number of hydrogen-bond acceptors (Lipinski definition) is 4. The van der Waals surface area contributed by atoms with Gasteiger partial charge in [-0.1, -0.05) is 18.2 Å². The molecule has 0 bridgehead atoms. The van der Waals surface area contributed by atoms with E-state index in [9.17, 15) is 10.1 Å². The fourth-order valence-corrected chi connectivity index (χ4v) is 2.41. The Balaban J connectivity index is 1.78. The number of nitriles is 1. The van der Waals surface area contributed by atoms with Crippen molar-refractivity contribution in [3.05, 3.63) is 71.2 Å². The molecule has 1 atom stereocenters. The van der Waals surface area contributed by atoms with Gasteiger partial charge in [-0.3, -0.25) is 4.79 Å². The Bertz CT molecular complexity index is 842. The first-order valence-electron chi connectivity index (χ1n) is 7.57. The lowest BCUT2D eigenvalue weighted by atomic mass is 10.0. The number of furan rings is 1. The predicted molar refractivity (Wildman–Crippen MR) is 88.8 cm³/mol. The van der Waals surface area contributed by atoms with Gasteiger partial charge in [0.2, 0.25) is 0 Å².